The van der Waals surface area contributed by atoms with Crippen LogP contribution in [-0.4, -0.2) is 18.2 Å². The van der Waals surface area contributed by atoms with Gasteiger partial charge in [0.1, 0.15) is 0 Å². The van der Waals surface area contributed by atoms with Crippen molar-refractivity contribution < 1.29 is 4.74 Å². The molecule has 0 saturated heterocycles. The van der Waals surface area contributed by atoms with Gasteiger partial charge in [0.05, 0.1) is 11.6 Å². The molecule has 1 aliphatic carbocycles. The molecule has 1 aliphatic rings. The minimum absolute atomic E-state index is 0.0859. The second-order valence-electron chi connectivity index (χ2n) is 4.71. The Morgan fingerprint density at radius 1 is 1.31 bits per heavy atom. The van der Waals surface area contributed by atoms with Crippen LogP contribution in [0.4, 0.5) is 0 Å². The Hall–Kier alpha value is -0.340. The second kappa shape index (κ2) is 6.41. The lowest BCUT2D eigenvalue weighted by molar-refractivity contribution is -0.0566. The molecule has 0 heterocycles. The van der Waals surface area contributed by atoms with Crippen LogP contribution < -0.4 is 5.73 Å². The van der Waals surface area contributed by atoms with Crippen molar-refractivity contribution >= 4 is 0 Å². The van der Waals surface area contributed by atoms with Crippen molar-refractivity contribution in [3.8, 4) is 0 Å². The Labute approximate surface area is 100 Å². The summed E-state index contributed by atoms with van der Waals surface area (Å²) < 4.78 is 5.98. The number of rotatable bonds is 6. The highest BCUT2D eigenvalue weighted by molar-refractivity contribution is 5.18. The smallest absolute Gasteiger partial charge is 0.0865 e. The number of hydrogen-bond acceptors (Lipinski definition) is 2. The van der Waals surface area contributed by atoms with Crippen LogP contribution in [0.5, 0.6) is 0 Å². The lowest BCUT2D eigenvalue weighted by Crippen LogP contribution is -2.50. The largest absolute Gasteiger partial charge is 0.373 e. The van der Waals surface area contributed by atoms with E-state index in [0.29, 0.717) is 0 Å². The second-order valence-corrected chi connectivity index (χ2v) is 4.71. The fourth-order valence-electron chi connectivity index (χ4n) is 2.75. The maximum atomic E-state index is 6.44. The van der Waals surface area contributed by atoms with Gasteiger partial charge in [0, 0.05) is 6.61 Å². The Bertz CT molecular complexity index is 231. The van der Waals surface area contributed by atoms with Gasteiger partial charge >= 0.3 is 0 Å². The van der Waals surface area contributed by atoms with Crippen molar-refractivity contribution in [3.63, 3.8) is 0 Å². The molecule has 2 nitrogen and oxygen atoms in total. The molecule has 0 spiro atoms. The molecule has 1 rings (SSSR count). The predicted octanol–water partition coefficient (Wildman–Crippen LogP) is 3.41. The summed E-state index contributed by atoms with van der Waals surface area (Å²) in [7, 11) is 0. The van der Waals surface area contributed by atoms with Gasteiger partial charge in [0.2, 0.25) is 0 Å². The molecule has 0 fully saturated rings. The maximum absolute atomic E-state index is 6.44. The summed E-state index contributed by atoms with van der Waals surface area (Å²) in [6.07, 6.45) is 9.29. The van der Waals surface area contributed by atoms with E-state index >= 15 is 0 Å². The van der Waals surface area contributed by atoms with E-state index in [1.807, 2.05) is 0 Å². The van der Waals surface area contributed by atoms with Crippen molar-refractivity contribution in [1.29, 1.82) is 0 Å². The molecule has 2 heteroatoms. The molecule has 0 amide bonds. The first-order valence-corrected chi connectivity index (χ1v) is 6.78. The van der Waals surface area contributed by atoms with Crippen LogP contribution in [0, 0.1) is 0 Å². The van der Waals surface area contributed by atoms with Gasteiger partial charge in [-0.05, 0) is 45.4 Å². The monoisotopic (exact) mass is 225 g/mol. The molecule has 0 aromatic rings. The van der Waals surface area contributed by atoms with Gasteiger partial charge in [0.15, 0.2) is 0 Å². The summed E-state index contributed by atoms with van der Waals surface area (Å²) in [6.45, 7) is 7.18. The highest BCUT2D eigenvalue weighted by atomic mass is 16.5. The minimum atomic E-state index is -0.141. The van der Waals surface area contributed by atoms with Crippen LogP contribution in [0.15, 0.2) is 11.6 Å². The highest BCUT2D eigenvalue weighted by Gasteiger charge is 2.36. The van der Waals surface area contributed by atoms with E-state index in [9.17, 15) is 0 Å². The van der Waals surface area contributed by atoms with Crippen molar-refractivity contribution in [2.24, 2.45) is 5.73 Å². The first-order valence-electron chi connectivity index (χ1n) is 6.78. The zero-order valence-electron chi connectivity index (χ0n) is 11.1. The van der Waals surface area contributed by atoms with Crippen molar-refractivity contribution in [2.45, 2.75) is 70.9 Å². The molecule has 2 N–H and O–H groups in total. The lowest BCUT2D eigenvalue weighted by Gasteiger charge is -2.39. The minimum Gasteiger partial charge on any atom is -0.373 e. The van der Waals surface area contributed by atoms with Gasteiger partial charge in [-0.1, -0.05) is 25.5 Å². The average Bonchev–Trinajstić information content (AvgIpc) is 2.36. The van der Waals surface area contributed by atoms with E-state index in [2.05, 4.69) is 26.8 Å². The summed E-state index contributed by atoms with van der Waals surface area (Å²) in [6, 6.07) is 0.0859. The van der Waals surface area contributed by atoms with Crippen LogP contribution in [-0.2, 0) is 4.74 Å². The zero-order chi connectivity index (χ0) is 12.0. The summed E-state index contributed by atoms with van der Waals surface area (Å²) >= 11 is 0. The number of ether oxygens (including phenoxy) is 1. The van der Waals surface area contributed by atoms with Crippen LogP contribution in [0.2, 0.25) is 0 Å². The topological polar surface area (TPSA) is 35.2 Å². The molecule has 0 aromatic carbocycles. The van der Waals surface area contributed by atoms with E-state index in [1.54, 1.807) is 0 Å². The Morgan fingerprint density at radius 2 is 2.00 bits per heavy atom. The van der Waals surface area contributed by atoms with Gasteiger partial charge in [-0.3, -0.25) is 0 Å². The SMILES string of the molecule is CCOC(CC)(CC)C(N)C1=CCCCC1. The molecular weight excluding hydrogens is 198 g/mol. The van der Waals surface area contributed by atoms with Crippen molar-refractivity contribution in [2.75, 3.05) is 6.61 Å². The molecule has 0 aromatic heterocycles. The Balaban J connectivity index is 2.80. The Kier molecular flexibility index (Phi) is 5.50. The summed E-state index contributed by atoms with van der Waals surface area (Å²) in [4.78, 5) is 0. The molecule has 0 saturated carbocycles. The number of nitrogens with two attached hydrogens (primary N) is 1. The molecule has 0 bridgehead atoms. The molecular formula is C14H27NO. The summed E-state index contributed by atoms with van der Waals surface area (Å²) in [5, 5.41) is 0. The third-order valence-corrected chi connectivity index (χ3v) is 3.92. The standard InChI is InChI=1S/C14H27NO/c1-4-14(5-2,16-6-3)13(15)12-10-8-7-9-11-12/h10,13H,4-9,11,15H2,1-3H3. The summed E-state index contributed by atoms with van der Waals surface area (Å²) in [5.41, 5.74) is 7.72. The van der Waals surface area contributed by atoms with Crippen LogP contribution in [0.25, 0.3) is 0 Å². The number of allylic oxidation sites excluding steroid dienone is 1. The fraction of sp³-hybridized carbons (Fsp3) is 0.857. The van der Waals surface area contributed by atoms with Crippen molar-refractivity contribution in [1.82, 2.24) is 0 Å². The van der Waals surface area contributed by atoms with Crippen LogP contribution in [0.1, 0.15) is 59.3 Å². The van der Waals surface area contributed by atoms with Crippen molar-refractivity contribution in [3.05, 3.63) is 11.6 Å². The van der Waals surface area contributed by atoms with Gasteiger partial charge in [0.25, 0.3) is 0 Å². The first-order chi connectivity index (χ1) is 7.70. The zero-order valence-corrected chi connectivity index (χ0v) is 11.1. The van der Waals surface area contributed by atoms with E-state index in [0.717, 1.165) is 25.9 Å². The third-order valence-electron chi connectivity index (χ3n) is 3.92. The molecule has 1 unspecified atom stereocenters. The van der Waals surface area contributed by atoms with E-state index in [1.165, 1.54) is 24.8 Å². The van der Waals surface area contributed by atoms with Gasteiger partial charge in [-0.2, -0.15) is 0 Å². The lowest BCUT2D eigenvalue weighted by atomic mass is 9.80. The van der Waals surface area contributed by atoms with E-state index in [-0.39, 0.29) is 11.6 Å². The molecule has 94 valence electrons. The molecule has 0 aliphatic heterocycles. The maximum Gasteiger partial charge on any atom is 0.0865 e. The van der Waals surface area contributed by atoms with Crippen LogP contribution in [0.3, 0.4) is 0 Å². The summed E-state index contributed by atoms with van der Waals surface area (Å²) in [5.74, 6) is 0. The normalized spacial score (nSPS) is 19.4. The van der Waals surface area contributed by atoms with Gasteiger partial charge < -0.3 is 10.5 Å². The molecule has 0 radical (unpaired) electrons. The highest BCUT2D eigenvalue weighted by Crippen LogP contribution is 2.31. The molecule has 16 heavy (non-hydrogen) atoms. The first kappa shape index (κ1) is 13.7. The predicted molar refractivity (Wildman–Crippen MR) is 69.5 cm³/mol. The van der Waals surface area contributed by atoms with Gasteiger partial charge in [-0.15, -0.1) is 0 Å². The average molecular weight is 225 g/mol. The third kappa shape index (κ3) is 2.86. The van der Waals surface area contributed by atoms with E-state index in [4.69, 9.17) is 10.5 Å². The fourth-order valence-corrected chi connectivity index (χ4v) is 2.75. The van der Waals surface area contributed by atoms with Crippen LogP contribution >= 0.6 is 0 Å². The molecule has 1 atom stereocenters. The van der Waals surface area contributed by atoms with E-state index < -0.39 is 0 Å². The van der Waals surface area contributed by atoms with Gasteiger partial charge in [-0.25, -0.2) is 0 Å². The Morgan fingerprint density at radius 3 is 2.44 bits per heavy atom. The quantitative estimate of drug-likeness (QED) is 0.703. The number of hydrogen-bond donors (Lipinski definition) is 1.